The topological polar surface area (TPSA) is 55.6 Å². The highest BCUT2D eigenvalue weighted by molar-refractivity contribution is 6.30. The summed E-state index contributed by atoms with van der Waals surface area (Å²) in [5.41, 5.74) is 10.9. The van der Waals surface area contributed by atoms with Gasteiger partial charge in [0.05, 0.1) is 6.04 Å². The van der Waals surface area contributed by atoms with E-state index >= 15 is 0 Å². The monoisotopic (exact) mass is 416 g/mol. The van der Waals surface area contributed by atoms with E-state index in [0.717, 1.165) is 16.7 Å². The number of anilines is 1. The van der Waals surface area contributed by atoms with Crippen LogP contribution in [0.1, 0.15) is 48.9 Å². The normalized spacial score (nSPS) is 16.7. The van der Waals surface area contributed by atoms with Crippen LogP contribution < -0.4 is 5.73 Å². The Bertz CT molecular complexity index is 896. The number of hydrogen-bond acceptors (Lipinski definition) is 3. The van der Waals surface area contributed by atoms with Gasteiger partial charge in [0, 0.05) is 22.8 Å². The van der Waals surface area contributed by atoms with Crippen LogP contribution in [-0.4, -0.2) is 30.8 Å². The van der Waals surface area contributed by atoms with Crippen molar-refractivity contribution in [3.63, 3.8) is 0 Å². The summed E-state index contributed by atoms with van der Waals surface area (Å²) in [6.07, 6.45) is 2.11. The third kappa shape index (κ3) is 4.91. The average molecular weight is 417 g/mol. The Kier molecular flexibility index (Phi) is 6.80. The SMILES string of the molecule is CC(C)c1ccc(C2C=C(c3cc(Cl)ccc3N)CCN2C(=O)OCCF)cc1. The lowest BCUT2D eigenvalue weighted by molar-refractivity contribution is 0.0870. The number of rotatable bonds is 5. The molecule has 154 valence electrons. The number of nitrogens with two attached hydrogens (primary N) is 1. The fourth-order valence-corrected chi connectivity index (χ4v) is 3.71. The number of ether oxygens (including phenoxy) is 1. The zero-order chi connectivity index (χ0) is 21.0. The first-order chi connectivity index (χ1) is 13.9. The molecule has 4 nitrogen and oxygen atoms in total. The van der Waals surface area contributed by atoms with Crippen molar-refractivity contribution in [2.75, 3.05) is 25.6 Å². The van der Waals surface area contributed by atoms with E-state index in [1.807, 2.05) is 24.3 Å². The summed E-state index contributed by atoms with van der Waals surface area (Å²) < 4.78 is 17.6. The minimum Gasteiger partial charge on any atom is -0.447 e. The second-order valence-electron chi connectivity index (χ2n) is 7.44. The number of carbonyl (C=O) groups excluding carboxylic acids is 1. The Morgan fingerprint density at radius 3 is 2.66 bits per heavy atom. The van der Waals surface area contributed by atoms with Gasteiger partial charge in [0.2, 0.25) is 0 Å². The van der Waals surface area contributed by atoms with Crippen LogP contribution in [0.25, 0.3) is 5.57 Å². The minimum atomic E-state index is -0.701. The Balaban J connectivity index is 1.99. The van der Waals surface area contributed by atoms with Crippen LogP contribution in [0.3, 0.4) is 0 Å². The van der Waals surface area contributed by atoms with Crippen molar-refractivity contribution in [3.8, 4) is 0 Å². The zero-order valence-electron chi connectivity index (χ0n) is 16.7. The predicted molar refractivity (Wildman–Crippen MR) is 116 cm³/mol. The lowest BCUT2D eigenvalue weighted by Crippen LogP contribution is -2.38. The molecule has 29 heavy (non-hydrogen) atoms. The van der Waals surface area contributed by atoms with Crippen molar-refractivity contribution in [1.82, 2.24) is 4.90 Å². The molecule has 0 aliphatic carbocycles. The maximum absolute atomic E-state index is 12.5. The summed E-state index contributed by atoms with van der Waals surface area (Å²) in [4.78, 5) is 14.2. The van der Waals surface area contributed by atoms with Crippen molar-refractivity contribution >= 4 is 29.0 Å². The highest BCUT2D eigenvalue weighted by atomic mass is 35.5. The number of amides is 1. The molecule has 0 saturated carbocycles. The molecule has 1 aliphatic heterocycles. The number of nitrogens with zero attached hydrogens (tertiary/aromatic N) is 1. The Morgan fingerprint density at radius 2 is 2.00 bits per heavy atom. The summed E-state index contributed by atoms with van der Waals surface area (Å²) >= 11 is 6.17. The summed E-state index contributed by atoms with van der Waals surface area (Å²) in [6.45, 7) is 3.77. The van der Waals surface area contributed by atoms with E-state index in [-0.39, 0.29) is 12.6 Å². The number of benzene rings is 2. The first kappa shape index (κ1) is 21.2. The van der Waals surface area contributed by atoms with Crippen LogP contribution in [0.15, 0.2) is 48.5 Å². The quantitative estimate of drug-likeness (QED) is 0.609. The van der Waals surface area contributed by atoms with Crippen molar-refractivity contribution in [2.24, 2.45) is 0 Å². The first-order valence-electron chi connectivity index (χ1n) is 9.76. The minimum absolute atomic E-state index is 0.244. The molecule has 0 saturated heterocycles. The molecule has 0 radical (unpaired) electrons. The third-order valence-corrected chi connectivity index (χ3v) is 5.40. The van der Waals surface area contributed by atoms with Crippen LogP contribution >= 0.6 is 11.6 Å². The number of alkyl halides is 1. The third-order valence-electron chi connectivity index (χ3n) is 5.16. The lowest BCUT2D eigenvalue weighted by atomic mass is 9.91. The molecule has 3 rings (SSSR count). The van der Waals surface area contributed by atoms with Crippen molar-refractivity contribution in [3.05, 3.63) is 70.3 Å². The van der Waals surface area contributed by atoms with E-state index in [1.54, 1.807) is 17.0 Å². The number of hydrogen-bond donors (Lipinski definition) is 1. The van der Waals surface area contributed by atoms with Gasteiger partial charge in [0.25, 0.3) is 0 Å². The van der Waals surface area contributed by atoms with Gasteiger partial charge in [0.1, 0.15) is 13.3 Å². The van der Waals surface area contributed by atoms with Gasteiger partial charge in [0.15, 0.2) is 0 Å². The highest BCUT2D eigenvalue weighted by Crippen LogP contribution is 2.37. The Morgan fingerprint density at radius 1 is 1.28 bits per heavy atom. The van der Waals surface area contributed by atoms with Gasteiger partial charge in [-0.1, -0.05) is 55.8 Å². The Labute approximate surface area is 176 Å². The zero-order valence-corrected chi connectivity index (χ0v) is 17.5. The molecule has 0 aromatic heterocycles. The molecule has 1 unspecified atom stereocenters. The number of nitrogen functional groups attached to an aromatic ring is 1. The lowest BCUT2D eigenvalue weighted by Gasteiger charge is -2.34. The van der Waals surface area contributed by atoms with Gasteiger partial charge in [-0.05, 0) is 47.2 Å². The summed E-state index contributed by atoms with van der Waals surface area (Å²) in [7, 11) is 0. The van der Waals surface area contributed by atoms with Crippen molar-refractivity contribution in [1.29, 1.82) is 0 Å². The molecule has 0 spiro atoms. The standard InChI is InChI=1S/C23H26ClFN2O2/c1-15(2)16-3-5-17(6-4-16)22-13-18(20-14-19(24)7-8-21(20)26)9-11-27(22)23(28)29-12-10-25/h3-8,13-15,22H,9-12,26H2,1-2H3. The Hall–Kier alpha value is -2.53. The van der Waals surface area contributed by atoms with E-state index in [1.165, 1.54) is 5.56 Å². The maximum atomic E-state index is 12.5. The van der Waals surface area contributed by atoms with Gasteiger partial charge >= 0.3 is 6.09 Å². The summed E-state index contributed by atoms with van der Waals surface area (Å²) in [6, 6.07) is 13.2. The van der Waals surface area contributed by atoms with Crippen molar-refractivity contribution < 1.29 is 13.9 Å². The van der Waals surface area contributed by atoms with Gasteiger partial charge in [-0.15, -0.1) is 0 Å². The van der Waals surface area contributed by atoms with Gasteiger partial charge in [-0.25, -0.2) is 9.18 Å². The fourth-order valence-electron chi connectivity index (χ4n) is 3.54. The maximum Gasteiger partial charge on any atom is 0.410 e. The molecular formula is C23H26ClFN2O2. The average Bonchev–Trinajstić information content (AvgIpc) is 2.73. The van der Waals surface area contributed by atoms with Crippen LogP contribution in [0, 0.1) is 0 Å². The highest BCUT2D eigenvalue weighted by Gasteiger charge is 2.29. The van der Waals surface area contributed by atoms with Gasteiger partial charge < -0.3 is 10.5 Å². The van der Waals surface area contributed by atoms with E-state index in [9.17, 15) is 9.18 Å². The van der Waals surface area contributed by atoms with E-state index in [0.29, 0.717) is 29.6 Å². The molecule has 1 atom stereocenters. The second kappa shape index (κ2) is 9.31. The van der Waals surface area contributed by atoms with Crippen LogP contribution in [0.5, 0.6) is 0 Å². The van der Waals surface area contributed by atoms with Crippen LogP contribution in [0.4, 0.5) is 14.9 Å². The molecule has 0 fully saturated rings. The molecule has 2 N–H and O–H groups in total. The molecule has 1 heterocycles. The van der Waals surface area contributed by atoms with E-state index in [2.05, 4.69) is 26.0 Å². The van der Waals surface area contributed by atoms with Crippen LogP contribution in [0.2, 0.25) is 5.02 Å². The largest absolute Gasteiger partial charge is 0.447 e. The summed E-state index contributed by atoms with van der Waals surface area (Å²) in [5.74, 6) is 0.415. The van der Waals surface area contributed by atoms with Crippen molar-refractivity contribution in [2.45, 2.75) is 32.2 Å². The smallest absolute Gasteiger partial charge is 0.410 e. The predicted octanol–water partition coefficient (Wildman–Crippen LogP) is 5.98. The molecule has 2 aromatic rings. The van der Waals surface area contributed by atoms with Gasteiger partial charge in [-0.2, -0.15) is 0 Å². The number of carbonyl (C=O) groups is 1. The first-order valence-corrected chi connectivity index (χ1v) is 10.1. The molecule has 2 aromatic carbocycles. The molecule has 6 heteroatoms. The van der Waals surface area contributed by atoms with Gasteiger partial charge in [-0.3, -0.25) is 4.90 Å². The fraction of sp³-hybridized carbons (Fsp3) is 0.348. The molecule has 1 aliphatic rings. The van der Waals surface area contributed by atoms with E-state index in [4.69, 9.17) is 22.1 Å². The molecule has 0 bridgehead atoms. The summed E-state index contributed by atoms with van der Waals surface area (Å²) in [5, 5.41) is 0.609. The second-order valence-corrected chi connectivity index (χ2v) is 7.87. The van der Waals surface area contributed by atoms with Crippen LogP contribution in [-0.2, 0) is 4.74 Å². The number of halogens is 2. The molecular weight excluding hydrogens is 391 g/mol. The molecule has 1 amide bonds. The van der Waals surface area contributed by atoms with E-state index < -0.39 is 12.8 Å².